The average Bonchev–Trinajstić information content (AvgIpc) is 3.23. The maximum atomic E-state index is 15.5. The van der Waals surface area contributed by atoms with E-state index in [1.807, 2.05) is 30.3 Å². The van der Waals surface area contributed by atoms with Gasteiger partial charge in [-0.2, -0.15) is 8.78 Å². The summed E-state index contributed by atoms with van der Waals surface area (Å²) < 4.78 is 60.5. The smallest absolute Gasteiger partial charge is 0.387 e. The lowest BCUT2D eigenvalue weighted by atomic mass is 9.86. The fourth-order valence-corrected chi connectivity index (χ4v) is 6.33. The number of para-hydroxylation sites is 1. The minimum absolute atomic E-state index is 0.0163. The van der Waals surface area contributed by atoms with E-state index in [2.05, 4.69) is 38.4 Å². The number of nitrogens with zero attached hydrogens (tertiary/aromatic N) is 2. The van der Waals surface area contributed by atoms with Crippen LogP contribution >= 0.6 is 0 Å². The summed E-state index contributed by atoms with van der Waals surface area (Å²) in [6, 6.07) is 13.0. The largest absolute Gasteiger partial charge is 0.434 e. The molecule has 6 nitrogen and oxygen atoms in total. The molecule has 210 valence electrons. The quantitative estimate of drug-likeness (QED) is 0.318. The molecule has 2 atom stereocenters. The van der Waals surface area contributed by atoms with E-state index in [9.17, 15) is 13.2 Å². The highest BCUT2D eigenvalue weighted by Gasteiger charge is 2.45. The topological polar surface area (TPSA) is 55.6 Å². The van der Waals surface area contributed by atoms with Crippen LogP contribution in [0.25, 0.3) is 10.9 Å². The van der Waals surface area contributed by atoms with Gasteiger partial charge in [-0.05, 0) is 37.5 Å². The molecular formula is C29H35F4N5O. The van der Waals surface area contributed by atoms with Crippen LogP contribution in [0, 0.1) is 0 Å². The minimum Gasteiger partial charge on any atom is -0.434 e. The van der Waals surface area contributed by atoms with E-state index in [0.717, 1.165) is 41.7 Å². The molecule has 0 spiro atoms. The second kappa shape index (κ2) is 10.6. The first-order valence-corrected chi connectivity index (χ1v) is 13.7. The second-order valence-corrected chi connectivity index (χ2v) is 11.2. The molecule has 0 amide bonds. The zero-order valence-electron chi connectivity index (χ0n) is 22.0. The third kappa shape index (κ3) is 5.21. The number of aromatic amines is 1. The van der Waals surface area contributed by atoms with Gasteiger partial charge in [-0.3, -0.25) is 14.2 Å². The summed E-state index contributed by atoms with van der Waals surface area (Å²) in [5.74, 6) is 0.0805. The van der Waals surface area contributed by atoms with Crippen LogP contribution in [0.4, 0.5) is 23.2 Å². The van der Waals surface area contributed by atoms with Gasteiger partial charge in [-0.25, -0.2) is 4.39 Å². The molecule has 4 heterocycles. The molecule has 0 bridgehead atoms. The second-order valence-electron chi connectivity index (χ2n) is 11.2. The zero-order chi connectivity index (χ0) is 27.1. The average molecular weight is 546 g/mol. The normalized spacial score (nSPS) is 23.4. The van der Waals surface area contributed by atoms with Crippen LogP contribution in [0.3, 0.4) is 0 Å². The Bertz CT molecular complexity index is 1310. The maximum Gasteiger partial charge on any atom is 0.387 e. The highest BCUT2D eigenvalue weighted by atomic mass is 19.3. The highest BCUT2D eigenvalue weighted by Crippen LogP contribution is 2.45. The number of hydrogen-bond acceptors (Lipinski definition) is 5. The Morgan fingerprint density at radius 3 is 2.67 bits per heavy atom. The molecule has 0 saturated carbocycles. The van der Waals surface area contributed by atoms with Gasteiger partial charge in [0.05, 0.1) is 18.8 Å². The number of anilines is 1. The van der Waals surface area contributed by atoms with E-state index in [0.29, 0.717) is 24.2 Å². The predicted molar refractivity (Wildman–Crippen MR) is 144 cm³/mol. The number of rotatable bonds is 10. The van der Waals surface area contributed by atoms with Gasteiger partial charge in [0.1, 0.15) is 11.4 Å². The Morgan fingerprint density at radius 2 is 1.95 bits per heavy atom. The van der Waals surface area contributed by atoms with E-state index in [1.54, 1.807) is 6.07 Å². The molecule has 2 fully saturated rings. The van der Waals surface area contributed by atoms with E-state index in [1.165, 1.54) is 0 Å². The lowest BCUT2D eigenvalue weighted by Crippen LogP contribution is -2.63. The van der Waals surface area contributed by atoms with Crippen LogP contribution < -0.4 is 15.4 Å². The van der Waals surface area contributed by atoms with Crippen molar-refractivity contribution >= 4 is 16.6 Å². The fourth-order valence-electron chi connectivity index (χ4n) is 6.33. The first-order valence-electron chi connectivity index (χ1n) is 13.7. The van der Waals surface area contributed by atoms with Crippen molar-refractivity contribution < 1.29 is 22.3 Å². The van der Waals surface area contributed by atoms with Crippen molar-refractivity contribution in [2.45, 2.75) is 50.2 Å². The van der Waals surface area contributed by atoms with Gasteiger partial charge in [-0.1, -0.05) is 24.3 Å². The standard InChI is InChI=1S/C29H35F4N5O/c1-18-11-23-21-5-2-3-6-24(21)36-26(23)27(38(18)17-29(33)15-34-16-29)22-8-7-19(12-25(22)39-28(31)32)35-20-13-37(14-20)10-4-9-30/h2-3,5-8,12,18,20,27-28,34-36H,4,9-11,13-17H2,1H3/t18-,27-/m1/s1. The number of aromatic nitrogens is 1. The van der Waals surface area contributed by atoms with E-state index in [-0.39, 0.29) is 44.1 Å². The number of alkyl halides is 4. The number of likely N-dealkylation sites (tertiary alicyclic amines) is 1. The van der Waals surface area contributed by atoms with Gasteiger partial charge in [0, 0.05) is 79.2 Å². The SMILES string of the molecule is C[C@@H]1Cc2c([nH]c3ccccc23)[C@@H](c2ccc(NC3CN(CCCF)C3)cc2OC(F)F)N1CC1(F)CNC1. The molecule has 6 rings (SSSR count). The fraction of sp³-hybridized carbons (Fsp3) is 0.517. The van der Waals surface area contributed by atoms with E-state index < -0.39 is 18.3 Å². The van der Waals surface area contributed by atoms with E-state index in [4.69, 9.17) is 4.74 Å². The number of nitrogens with one attached hydrogen (secondary N) is 3. The van der Waals surface area contributed by atoms with Crippen molar-refractivity contribution in [1.29, 1.82) is 0 Å². The number of H-pyrrole nitrogens is 1. The minimum atomic E-state index is -3.00. The van der Waals surface area contributed by atoms with E-state index >= 15 is 4.39 Å². The van der Waals surface area contributed by atoms with Gasteiger partial charge < -0.3 is 20.4 Å². The van der Waals surface area contributed by atoms with Crippen molar-refractivity contribution in [3.8, 4) is 5.75 Å². The molecule has 3 aliphatic rings. The monoisotopic (exact) mass is 545 g/mol. The lowest BCUT2D eigenvalue weighted by Gasteiger charge is -2.47. The van der Waals surface area contributed by atoms with Gasteiger partial charge in [0.25, 0.3) is 0 Å². The number of halogens is 4. The number of benzene rings is 2. The molecule has 0 aliphatic carbocycles. The highest BCUT2D eigenvalue weighted by molar-refractivity contribution is 5.85. The van der Waals surface area contributed by atoms with Crippen LogP contribution in [0.2, 0.25) is 0 Å². The third-order valence-corrected chi connectivity index (χ3v) is 8.33. The molecule has 39 heavy (non-hydrogen) atoms. The Labute approximate surface area is 225 Å². The summed E-state index contributed by atoms with van der Waals surface area (Å²) in [5.41, 5.74) is 2.88. The van der Waals surface area contributed by atoms with Crippen molar-refractivity contribution in [2.24, 2.45) is 0 Å². The summed E-state index contributed by atoms with van der Waals surface area (Å²) in [4.78, 5) is 7.78. The number of ether oxygens (including phenoxy) is 1. The van der Waals surface area contributed by atoms with Gasteiger partial charge in [0.15, 0.2) is 0 Å². The molecular weight excluding hydrogens is 510 g/mol. The van der Waals surface area contributed by atoms with Crippen LogP contribution in [0.5, 0.6) is 5.75 Å². The summed E-state index contributed by atoms with van der Waals surface area (Å²) in [7, 11) is 0. The first kappa shape index (κ1) is 26.4. The summed E-state index contributed by atoms with van der Waals surface area (Å²) >= 11 is 0. The Morgan fingerprint density at radius 1 is 1.15 bits per heavy atom. The first-order chi connectivity index (χ1) is 18.8. The van der Waals surface area contributed by atoms with Crippen LogP contribution in [0.15, 0.2) is 42.5 Å². The molecule has 2 aromatic carbocycles. The Hall–Kier alpha value is -2.82. The molecule has 3 aromatic rings. The van der Waals surface area contributed by atoms with Crippen LogP contribution in [-0.4, -0.2) is 85.1 Å². The molecule has 3 N–H and O–H groups in total. The molecule has 1 aromatic heterocycles. The molecule has 3 aliphatic heterocycles. The van der Waals surface area contributed by atoms with Crippen LogP contribution in [-0.2, 0) is 6.42 Å². The van der Waals surface area contributed by atoms with Crippen molar-refractivity contribution in [3.05, 3.63) is 59.3 Å². The van der Waals surface area contributed by atoms with Crippen LogP contribution in [0.1, 0.15) is 36.2 Å². The van der Waals surface area contributed by atoms with Gasteiger partial charge >= 0.3 is 6.61 Å². The Balaban J connectivity index is 1.36. The van der Waals surface area contributed by atoms with Crippen molar-refractivity contribution in [3.63, 3.8) is 0 Å². The zero-order valence-corrected chi connectivity index (χ0v) is 22.0. The molecule has 2 saturated heterocycles. The molecule has 0 unspecified atom stereocenters. The summed E-state index contributed by atoms with van der Waals surface area (Å²) in [6.07, 6.45) is 1.24. The maximum absolute atomic E-state index is 15.5. The van der Waals surface area contributed by atoms with Crippen molar-refractivity contribution in [1.82, 2.24) is 20.1 Å². The molecule has 10 heteroatoms. The number of fused-ring (bicyclic) bond motifs is 3. The summed E-state index contributed by atoms with van der Waals surface area (Å²) in [5, 5.41) is 7.52. The third-order valence-electron chi connectivity index (χ3n) is 8.33. The molecule has 0 radical (unpaired) electrons. The predicted octanol–water partition coefficient (Wildman–Crippen LogP) is 4.87. The van der Waals surface area contributed by atoms with Gasteiger partial charge in [0.2, 0.25) is 0 Å². The van der Waals surface area contributed by atoms with Crippen molar-refractivity contribution in [2.75, 3.05) is 51.3 Å². The lowest BCUT2D eigenvalue weighted by molar-refractivity contribution is -0.0518. The van der Waals surface area contributed by atoms with Gasteiger partial charge in [-0.15, -0.1) is 0 Å². The number of hydrogen-bond donors (Lipinski definition) is 3. The summed E-state index contributed by atoms with van der Waals surface area (Å²) in [6.45, 7) is 1.72. The Kier molecular flexibility index (Phi) is 7.20.